The van der Waals surface area contributed by atoms with Crippen LogP contribution in [0.1, 0.15) is 13.8 Å². The second-order valence-electron chi connectivity index (χ2n) is 4.30. The maximum absolute atomic E-state index is 12.1. The molecule has 3 N–H and O–H groups in total. The molecule has 5 heteroatoms. The largest absolute Gasteiger partial charge is 0.399 e. The van der Waals surface area contributed by atoms with Gasteiger partial charge in [0, 0.05) is 11.7 Å². The van der Waals surface area contributed by atoms with Crippen molar-refractivity contribution >= 4 is 23.3 Å². The summed E-state index contributed by atoms with van der Waals surface area (Å²) in [6, 6.07) is 6.19. The van der Waals surface area contributed by atoms with Crippen molar-refractivity contribution < 1.29 is 9.59 Å². The molecule has 1 aromatic rings. The molecule has 0 spiro atoms. The minimum Gasteiger partial charge on any atom is -0.399 e. The van der Waals surface area contributed by atoms with E-state index in [0.29, 0.717) is 11.4 Å². The topological polar surface area (TPSA) is 75.4 Å². The predicted molar refractivity (Wildman–Crippen MR) is 65.5 cm³/mol. The number of nitrogen functional groups attached to an aromatic ring is 1. The fraction of sp³-hybridized carbons (Fsp3) is 0.333. The molecule has 0 aliphatic carbocycles. The number of nitrogens with one attached hydrogen (secondary N) is 1. The first-order chi connectivity index (χ1) is 8.00. The Morgan fingerprint density at radius 2 is 2.00 bits per heavy atom. The Morgan fingerprint density at radius 1 is 1.29 bits per heavy atom. The lowest BCUT2D eigenvalue weighted by Gasteiger charge is -2.34. The third kappa shape index (κ3) is 1.95. The summed E-state index contributed by atoms with van der Waals surface area (Å²) >= 11 is 0. The molecule has 17 heavy (non-hydrogen) atoms. The standard InChI is InChI=1S/C12H15N3O2/c1-7-8(2)14-12(17)15(11(7)16)10-5-3-4-9(13)6-10/h3-8H,13H2,1-2H3,(H,14,17). The van der Waals surface area contributed by atoms with Gasteiger partial charge in [-0.25, -0.2) is 9.69 Å². The highest BCUT2D eigenvalue weighted by atomic mass is 16.2. The van der Waals surface area contributed by atoms with Crippen molar-refractivity contribution in [3.8, 4) is 0 Å². The maximum atomic E-state index is 12.1. The van der Waals surface area contributed by atoms with Gasteiger partial charge in [0.15, 0.2) is 0 Å². The van der Waals surface area contributed by atoms with E-state index in [9.17, 15) is 9.59 Å². The first-order valence-corrected chi connectivity index (χ1v) is 5.50. The van der Waals surface area contributed by atoms with E-state index in [4.69, 9.17) is 5.73 Å². The minimum atomic E-state index is -0.397. The number of anilines is 2. The van der Waals surface area contributed by atoms with Crippen LogP contribution in [0, 0.1) is 5.92 Å². The van der Waals surface area contributed by atoms with E-state index in [-0.39, 0.29) is 17.9 Å². The van der Waals surface area contributed by atoms with Crippen molar-refractivity contribution in [2.24, 2.45) is 5.92 Å². The van der Waals surface area contributed by atoms with Crippen LogP contribution in [0.25, 0.3) is 0 Å². The third-order valence-corrected chi connectivity index (χ3v) is 3.04. The lowest BCUT2D eigenvalue weighted by molar-refractivity contribution is -0.122. The summed E-state index contributed by atoms with van der Waals surface area (Å²) in [6.07, 6.45) is 0. The Bertz CT molecular complexity index is 473. The van der Waals surface area contributed by atoms with Crippen LogP contribution in [0.3, 0.4) is 0 Å². The van der Waals surface area contributed by atoms with E-state index >= 15 is 0 Å². The smallest absolute Gasteiger partial charge is 0.328 e. The summed E-state index contributed by atoms with van der Waals surface area (Å²) in [5.41, 5.74) is 6.68. The zero-order chi connectivity index (χ0) is 12.6. The maximum Gasteiger partial charge on any atom is 0.328 e. The average molecular weight is 233 g/mol. The fourth-order valence-corrected chi connectivity index (χ4v) is 1.81. The molecule has 1 fully saturated rings. The Balaban J connectivity index is 2.37. The molecule has 90 valence electrons. The van der Waals surface area contributed by atoms with Crippen LogP contribution in [0.5, 0.6) is 0 Å². The first-order valence-electron chi connectivity index (χ1n) is 5.50. The van der Waals surface area contributed by atoms with Gasteiger partial charge in [0.2, 0.25) is 5.91 Å². The summed E-state index contributed by atoms with van der Waals surface area (Å²) in [5, 5.41) is 2.75. The molecule has 3 amide bonds. The van der Waals surface area contributed by atoms with Crippen LogP contribution in [-0.2, 0) is 4.79 Å². The van der Waals surface area contributed by atoms with Gasteiger partial charge in [-0.3, -0.25) is 4.79 Å². The fourth-order valence-electron chi connectivity index (χ4n) is 1.81. The number of hydrogen-bond donors (Lipinski definition) is 2. The Kier molecular flexibility index (Phi) is 2.75. The highest BCUT2D eigenvalue weighted by molar-refractivity contribution is 6.17. The van der Waals surface area contributed by atoms with Gasteiger partial charge in [-0.2, -0.15) is 0 Å². The van der Waals surface area contributed by atoms with Crippen molar-refractivity contribution in [3.63, 3.8) is 0 Å². The lowest BCUT2D eigenvalue weighted by atomic mass is 9.99. The van der Waals surface area contributed by atoms with Gasteiger partial charge in [-0.05, 0) is 25.1 Å². The van der Waals surface area contributed by atoms with E-state index in [0.717, 1.165) is 4.90 Å². The molecular formula is C12H15N3O2. The number of imide groups is 1. The van der Waals surface area contributed by atoms with E-state index in [2.05, 4.69) is 5.32 Å². The number of nitrogens with two attached hydrogens (primary N) is 1. The number of urea groups is 1. The van der Waals surface area contributed by atoms with Crippen molar-refractivity contribution in [2.75, 3.05) is 10.6 Å². The van der Waals surface area contributed by atoms with Gasteiger partial charge in [-0.15, -0.1) is 0 Å². The predicted octanol–water partition coefficient (Wildman–Crippen LogP) is 1.35. The number of amides is 3. The van der Waals surface area contributed by atoms with Crippen LogP contribution < -0.4 is 16.0 Å². The summed E-state index contributed by atoms with van der Waals surface area (Å²) in [5.74, 6) is -0.444. The lowest BCUT2D eigenvalue weighted by Crippen LogP contribution is -2.58. The van der Waals surface area contributed by atoms with Gasteiger partial charge >= 0.3 is 6.03 Å². The van der Waals surface area contributed by atoms with Crippen molar-refractivity contribution in [2.45, 2.75) is 19.9 Å². The molecule has 5 nitrogen and oxygen atoms in total. The summed E-state index contributed by atoms with van der Waals surface area (Å²) in [7, 11) is 0. The molecule has 1 heterocycles. The molecule has 1 aliphatic rings. The quantitative estimate of drug-likeness (QED) is 0.719. The van der Waals surface area contributed by atoms with Gasteiger partial charge in [-0.1, -0.05) is 13.0 Å². The molecule has 0 aromatic heterocycles. The molecule has 2 rings (SSSR count). The number of benzene rings is 1. The number of carbonyl (C=O) groups excluding carboxylic acids is 2. The first kappa shape index (κ1) is 11.4. The van der Waals surface area contributed by atoms with E-state index < -0.39 is 6.03 Å². The van der Waals surface area contributed by atoms with Crippen molar-refractivity contribution in [1.29, 1.82) is 0 Å². The third-order valence-electron chi connectivity index (χ3n) is 3.04. The minimum absolute atomic E-state index is 0.146. The van der Waals surface area contributed by atoms with E-state index in [1.807, 2.05) is 6.92 Å². The highest BCUT2D eigenvalue weighted by Crippen LogP contribution is 2.23. The second-order valence-corrected chi connectivity index (χ2v) is 4.30. The Morgan fingerprint density at radius 3 is 2.65 bits per heavy atom. The van der Waals surface area contributed by atoms with Crippen LogP contribution in [0.4, 0.5) is 16.2 Å². The van der Waals surface area contributed by atoms with Crippen LogP contribution in [0.15, 0.2) is 24.3 Å². The Hall–Kier alpha value is -2.04. The Labute approximate surface area is 99.6 Å². The SMILES string of the molecule is CC1NC(=O)N(c2cccc(N)c2)C(=O)C1C. The molecule has 1 saturated heterocycles. The molecule has 0 bridgehead atoms. The second kappa shape index (κ2) is 4.08. The molecule has 2 unspecified atom stereocenters. The number of rotatable bonds is 1. The monoisotopic (exact) mass is 233 g/mol. The molecule has 1 aliphatic heterocycles. The summed E-state index contributed by atoms with van der Waals surface area (Å²) < 4.78 is 0. The normalized spacial score (nSPS) is 24.7. The van der Waals surface area contributed by atoms with Crippen LogP contribution in [-0.4, -0.2) is 18.0 Å². The molecule has 2 atom stereocenters. The van der Waals surface area contributed by atoms with E-state index in [1.165, 1.54) is 0 Å². The van der Waals surface area contributed by atoms with Crippen LogP contribution >= 0.6 is 0 Å². The number of hydrogen-bond acceptors (Lipinski definition) is 3. The number of carbonyl (C=O) groups is 2. The summed E-state index contributed by atoms with van der Waals surface area (Å²) in [6.45, 7) is 3.61. The van der Waals surface area contributed by atoms with Gasteiger partial charge in [0.1, 0.15) is 0 Å². The summed E-state index contributed by atoms with van der Waals surface area (Å²) in [4.78, 5) is 25.0. The van der Waals surface area contributed by atoms with Crippen LogP contribution in [0.2, 0.25) is 0 Å². The van der Waals surface area contributed by atoms with Crippen molar-refractivity contribution in [3.05, 3.63) is 24.3 Å². The molecular weight excluding hydrogens is 218 g/mol. The number of nitrogens with zero attached hydrogens (tertiary/aromatic N) is 1. The highest BCUT2D eigenvalue weighted by Gasteiger charge is 2.36. The van der Waals surface area contributed by atoms with Gasteiger partial charge in [0.25, 0.3) is 0 Å². The zero-order valence-electron chi connectivity index (χ0n) is 9.81. The van der Waals surface area contributed by atoms with Gasteiger partial charge in [0.05, 0.1) is 11.6 Å². The molecule has 0 saturated carbocycles. The van der Waals surface area contributed by atoms with Gasteiger partial charge < -0.3 is 11.1 Å². The van der Waals surface area contributed by atoms with Crippen molar-refractivity contribution in [1.82, 2.24) is 5.32 Å². The average Bonchev–Trinajstić information content (AvgIpc) is 2.26. The zero-order valence-corrected chi connectivity index (χ0v) is 9.81. The molecule has 1 aromatic carbocycles. The molecule has 0 radical (unpaired) electrons. The van der Waals surface area contributed by atoms with E-state index in [1.54, 1.807) is 31.2 Å².